The third kappa shape index (κ3) is 4.86. The van der Waals surface area contributed by atoms with Crippen LogP contribution in [0.5, 0.6) is 11.5 Å². The fourth-order valence-corrected chi connectivity index (χ4v) is 5.49. The fourth-order valence-electron chi connectivity index (χ4n) is 3.94. The van der Waals surface area contributed by atoms with Crippen LogP contribution in [0, 0.1) is 0 Å². The number of ether oxygens (including phenoxy) is 3. The Hall–Kier alpha value is -2.59. The molecule has 0 amide bonds. The normalized spacial score (nSPS) is 14.2. The van der Waals surface area contributed by atoms with E-state index in [9.17, 15) is 8.42 Å². The van der Waals surface area contributed by atoms with Crippen LogP contribution in [-0.2, 0) is 48.0 Å². The average Bonchev–Trinajstić information content (AvgIpc) is 3.14. The van der Waals surface area contributed by atoms with Crippen molar-refractivity contribution in [3.8, 4) is 11.5 Å². The van der Waals surface area contributed by atoms with Gasteiger partial charge in [0.2, 0.25) is 10.0 Å². The standard InChI is InChI=1S/C23H26ClN3O5S/c1-26-21-10-11-27(33(28,29)18-8-9-22(30-2)23(12-18)31-3)13-19(21)20(25-26)15-32-14-16-4-6-17(24)7-5-16/h4-9,12H,10-11,13-15H2,1-3H3. The number of benzene rings is 2. The molecule has 0 bridgehead atoms. The summed E-state index contributed by atoms with van der Waals surface area (Å²) >= 11 is 5.93. The van der Waals surface area contributed by atoms with Gasteiger partial charge in [-0.25, -0.2) is 8.42 Å². The van der Waals surface area contributed by atoms with Gasteiger partial charge in [-0.05, 0) is 29.8 Å². The molecule has 2 aromatic carbocycles. The Morgan fingerprint density at radius 1 is 1.03 bits per heavy atom. The zero-order chi connectivity index (χ0) is 23.6. The number of nitrogens with zero attached hydrogens (tertiary/aromatic N) is 3. The summed E-state index contributed by atoms with van der Waals surface area (Å²) in [6, 6.07) is 12.1. The molecule has 0 aliphatic carbocycles. The largest absolute Gasteiger partial charge is 0.493 e. The number of hydrogen-bond acceptors (Lipinski definition) is 6. The van der Waals surface area contributed by atoms with E-state index in [4.69, 9.17) is 25.8 Å². The second-order valence-corrected chi connectivity index (χ2v) is 10.1. The van der Waals surface area contributed by atoms with Gasteiger partial charge in [-0.15, -0.1) is 0 Å². The second kappa shape index (κ2) is 9.72. The Morgan fingerprint density at radius 2 is 1.76 bits per heavy atom. The van der Waals surface area contributed by atoms with Crippen molar-refractivity contribution in [1.29, 1.82) is 0 Å². The van der Waals surface area contributed by atoms with Gasteiger partial charge in [0.15, 0.2) is 11.5 Å². The summed E-state index contributed by atoms with van der Waals surface area (Å²) in [6.07, 6.45) is 0.572. The third-order valence-corrected chi connectivity index (χ3v) is 7.80. The molecule has 33 heavy (non-hydrogen) atoms. The molecule has 0 fully saturated rings. The van der Waals surface area contributed by atoms with E-state index in [1.807, 2.05) is 36.0 Å². The number of hydrogen-bond donors (Lipinski definition) is 0. The Morgan fingerprint density at radius 3 is 2.45 bits per heavy atom. The molecule has 0 saturated heterocycles. The first-order valence-corrected chi connectivity index (χ1v) is 12.2. The topological polar surface area (TPSA) is 82.9 Å². The number of fused-ring (bicyclic) bond motifs is 1. The van der Waals surface area contributed by atoms with Gasteiger partial charge in [-0.1, -0.05) is 23.7 Å². The highest BCUT2D eigenvalue weighted by Crippen LogP contribution is 2.33. The lowest BCUT2D eigenvalue weighted by atomic mass is 10.1. The first-order chi connectivity index (χ1) is 15.8. The highest BCUT2D eigenvalue weighted by molar-refractivity contribution is 7.89. The molecular formula is C23H26ClN3O5S. The summed E-state index contributed by atoms with van der Waals surface area (Å²) in [6.45, 7) is 1.31. The Bertz CT molecular complexity index is 1240. The van der Waals surface area contributed by atoms with Crippen LogP contribution in [0.15, 0.2) is 47.4 Å². The monoisotopic (exact) mass is 491 g/mol. The number of sulfonamides is 1. The SMILES string of the molecule is COc1ccc(S(=O)(=O)N2CCc3c(c(COCc4ccc(Cl)cc4)nn3C)C2)cc1OC. The summed E-state index contributed by atoms with van der Waals surface area (Å²) in [4.78, 5) is 0.160. The minimum Gasteiger partial charge on any atom is -0.493 e. The number of halogens is 1. The maximum absolute atomic E-state index is 13.4. The van der Waals surface area contributed by atoms with Crippen molar-refractivity contribution in [3.63, 3.8) is 0 Å². The van der Waals surface area contributed by atoms with Crippen molar-refractivity contribution in [2.24, 2.45) is 7.05 Å². The van der Waals surface area contributed by atoms with Gasteiger partial charge in [0.1, 0.15) is 0 Å². The summed E-state index contributed by atoms with van der Waals surface area (Å²) in [5, 5.41) is 5.26. The van der Waals surface area contributed by atoms with E-state index in [1.54, 1.807) is 6.07 Å². The van der Waals surface area contributed by atoms with Crippen molar-refractivity contribution >= 4 is 21.6 Å². The van der Waals surface area contributed by atoms with Crippen LogP contribution in [0.4, 0.5) is 0 Å². The highest BCUT2D eigenvalue weighted by atomic mass is 35.5. The number of rotatable bonds is 8. The molecule has 0 spiro atoms. The molecule has 4 rings (SSSR count). The molecule has 0 unspecified atom stereocenters. The predicted octanol–water partition coefficient (Wildman–Crippen LogP) is 3.55. The molecule has 1 aromatic heterocycles. The van der Waals surface area contributed by atoms with Crippen LogP contribution in [-0.4, -0.2) is 43.3 Å². The quantitative estimate of drug-likeness (QED) is 0.479. The maximum Gasteiger partial charge on any atom is 0.243 e. The average molecular weight is 492 g/mol. The molecule has 176 valence electrons. The van der Waals surface area contributed by atoms with Crippen LogP contribution in [0.3, 0.4) is 0 Å². The molecule has 3 aromatic rings. The lowest BCUT2D eigenvalue weighted by Crippen LogP contribution is -2.36. The van der Waals surface area contributed by atoms with Crippen molar-refractivity contribution in [1.82, 2.24) is 14.1 Å². The molecule has 8 nitrogen and oxygen atoms in total. The van der Waals surface area contributed by atoms with Gasteiger partial charge >= 0.3 is 0 Å². The number of methoxy groups -OCH3 is 2. The van der Waals surface area contributed by atoms with Crippen LogP contribution in [0.1, 0.15) is 22.5 Å². The lowest BCUT2D eigenvalue weighted by Gasteiger charge is -2.27. The van der Waals surface area contributed by atoms with E-state index in [0.29, 0.717) is 36.1 Å². The summed E-state index contributed by atoms with van der Waals surface area (Å²) in [5.74, 6) is 0.846. The zero-order valence-corrected chi connectivity index (χ0v) is 20.3. The minimum atomic E-state index is -3.73. The minimum absolute atomic E-state index is 0.160. The van der Waals surface area contributed by atoms with E-state index in [-0.39, 0.29) is 18.0 Å². The Kier molecular flexibility index (Phi) is 6.94. The van der Waals surface area contributed by atoms with Gasteiger partial charge in [-0.2, -0.15) is 9.40 Å². The molecule has 0 radical (unpaired) electrons. The van der Waals surface area contributed by atoms with Gasteiger partial charge < -0.3 is 14.2 Å². The van der Waals surface area contributed by atoms with E-state index in [2.05, 4.69) is 5.10 Å². The van der Waals surface area contributed by atoms with Crippen molar-refractivity contribution in [3.05, 3.63) is 70.0 Å². The molecule has 0 atom stereocenters. The van der Waals surface area contributed by atoms with E-state index >= 15 is 0 Å². The zero-order valence-electron chi connectivity index (χ0n) is 18.7. The molecule has 1 aliphatic rings. The van der Waals surface area contributed by atoms with Crippen molar-refractivity contribution in [2.45, 2.75) is 31.1 Å². The van der Waals surface area contributed by atoms with E-state index in [1.165, 1.54) is 30.7 Å². The first-order valence-electron chi connectivity index (χ1n) is 10.4. The van der Waals surface area contributed by atoms with Gasteiger partial charge in [-0.3, -0.25) is 4.68 Å². The Balaban J connectivity index is 1.52. The molecular weight excluding hydrogens is 466 g/mol. The predicted molar refractivity (Wildman–Crippen MR) is 124 cm³/mol. The molecule has 0 N–H and O–H groups in total. The van der Waals surface area contributed by atoms with E-state index < -0.39 is 10.0 Å². The second-order valence-electron chi connectivity index (χ2n) is 7.72. The van der Waals surface area contributed by atoms with Crippen LogP contribution >= 0.6 is 11.6 Å². The number of aryl methyl sites for hydroxylation is 1. The van der Waals surface area contributed by atoms with Crippen molar-refractivity contribution in [2.75, 3.05) is 20.8 Å². The van der Waals surface area contributed by atoms with Gasteiger partial charge in [0.25, 0.3) is 0 Å². The lowest BCUT2D eigenvalue weighted by molar-refractivity contribution is 0.103. The summed E-state index contributed by atoms with van der Waals surface area (Å²) in [5.41, 5.74) is 3.67. The summed E-state index contributed by atoms with van der Waals surface area (Å²) < 4.78 is 46.4. The smallest absolute Gasteiger partial charge is 0.243 e. The van der Waals surface area contributed by atoms with Crippen LogP contribution < -0.4 is 9.47 Å². The van der Waals surface area contributed by atoms with Crippen LogP contribution in [0.25, 0.3) is 0 Å². The summed E-state index contributed by atoms with van der Waals surface area (Å²) in [7, 11) is 1.14. The fraction of sp³-hybridized carbons (Fsp3) is 0.348. The van der Waals surface area contributed by atoms with Gasteiger partial charge in [0.05, 0.1) is 38.0 Å². The van der Waals surface area contributed by atoms with Gasteiger partial charge in [0, 0.05) is 48.9 Å². The molecule has 10 heteroatoms. The van der Waals surface area contributed by atoms with Crippen molar-refractivity contribution < 1.29 is 22.6 Å². The third-order valence-electron chi connectivity index (χ3n) is 5.70. The highest BCUT2D eigenvalue weighted by Gasteiger charge is 2.32. The van der Waals surface area contributed by atoms with E-state index in [0.717, 1.165) is 22.5 Å². The maximum atomic E-state index is 13.4. The molecule has 2 heterocycles. The molecule has 1 aliphatic heterocycles. The first kappa shape index (κ1) is 23.6. The number of aromatic nitrogens is 2. The Labute approximate surface area is 198 Å². The van der Waals surface area contributed by atoms with Crippen LogP contribution in [0.2, 0.25) is 5.02 Å². The molecule has 0 saturated carbocycles.